The van der Waals surface area contributed by atoms with Gasteiger partial charge in [-0.15, -0.1) is 11.3 Å². The largest absolute Gasteiger partial charge is 0.494 e. The number of ether oxygens (including phenoxy) is 2. The normalized spacial score (nSPS) is 12.3. The van der Waals surface area contributed by atoms with E-state index in [1.165, 1.54) is 12.3 Å². The Bertz CT molecular complexity index is 890. The van der Waals surface area contributed by atoms with Crippen molar-refractivity contribution in [1.82, 2.24) is 0 Å². The van der Waals surface area contributed by atoms with Gasteiger partial charge in [0.15, 0.2) is 6.10 Å². The molecule has 1 atom stereocenters. The lowest BCUT2D eigenvalue weighted by Crippen LogP contribution is -2.29. The number of carbonyl (C=O) groups is 2. The number of nitrogens with two attached hydrogens (primary N) is 1. The van der Waals surface area contributed by atoms with Crippen LogP contribution in [0.1, 0.15) is 24.2 Å². The fourth-order valence-electron chi connectivity index (χ4n) is 1.90. The zero-order valence-corrected chi connectivity index (χ0v) is 15.7. The monoisotopic (exact) mass is 398 g/mol. The Morgan fingerprint density at radius 1 is 1.27 bits per heavy atom. The number of esters is 1. The van der Waals surface area contributed by atoms with E-state index in [9.17, 15) is 18.0 Å². The van der Waals surface area contributed by atoms with Crippen LogP contribution in [0, 0.1) is 0 Å². The van der Waals surface area contributed by atoms with Gasteiger partial charge in [0, 0.05) is 11.1 Å². The second kappa shape index (κ2) is 8.30. The lowest BCUT2D eigenvalue weighted by molar-refractivity contribution is -0.123. The van der Waals surface area contributed by atoms with Gasteiger partial charge in [-0.3, -0.25) is 4.79 Å². The Morgan fingerprint density at radius 2 is 1.92 bits per heavy atom. The van der Waals surface area contributed by atoms with Gasteiger partial charge in [-0.25, -0.2) is 18.4 Å². The number of sulfonamides is 1. The lowest BCUT2D eigenvalue weighted by atomic mass is 10.2. The first-order valence-electron chi connectivity index (χ1n) is 7.56. The van der Waals surface area contributed by atoms with Crippen molar-refractivity contribution in [2.75, 3.05) is 11.9 Å². The third-order valence-electron chi connectivity index (χ3n) is 3.18. The Kier molecular flexibility index (Phi) is 6.35. The Labute approximate surface area is 155 Å². The van der Waals surface area contributed by atoms with Crippen molar-refractivity contribution >= 4 is 38.9 Å². The first-order chi connectivity index (χ1) is 12.2. The van der Waals surface area contributed by atoms with E-state index in [1.807, 2.05) is 6.92 Å². The first kappa shape index (κ1) is 19.9. The number of hydrogen-bond donors (Lipinski definition) is 2. The summed E-state index contributed by atoms with van der Waals surface area (Å²) in [7, 11) is -3.89. The van der Waals surface area contributed by atoms with Crippen molar-refractivity contribution in [3.63, 3.8) is 0 Å². The SMILES string of the molecule is CCOc1ccc(NC(=O)C(C)OC(=O)c2csc(S(N)(=O)=O)c2)cc1. The summed E-state index contributed by atoms with van der Waals surface area (Å²) in [5.74, 6) is -0.664. The van der Waals surface area contributed by atoms with Gasteiger partial charge in [0.25, 0.3) is 5.91 Å². The number of anilines is 1. The van der Waals surface area contributed by atoms with Crippen molar-refractivity contribution in [3.8, 4) is 5.75 Å². The van der Waals surface area contributed by atoms with E-state index < -0.39 is 28.0 Å². The molecule has 0 fully saturated rings. The molecule has 10 heteroatoms. The number of benzene rings is 1. The summed E-state index contributed by atoms with van der Waals surface area (Å²) >= 11 is 0.802. The smallest absolute Gasteiger partial charge is 0.339 e. The summed E-state index contributed by atoms with van der Waals surface area (Å²) in [6.07, 6.45) is -1.08. The highest BCUT2D eigenvalue weighted by Gasteiger charge is 2.21. The number of nitrogens with one attached hydrogen (secondary N) is 1. The summed E-state index contributed by atoms with van der Waals surface area (Å²) in [4.78, 5) is 24.1. The summed E-state index contributed by atoms with van der Waals surface area (Å²) in [5, 5.41) is 8.91. The minimum absolute atomic E-state index is 0.0137. The molecule has 0 aliphatic rings. The van der Waals surface area contributed by atoms with Crippen LogP contribution < -0.4 is 15.2 Å². The predicted molar refractivity (Wildman–Crippen MR) is 96.8 cm³/mol. The molecule has 0 bridgehead atoms. The molecule has 1 amide bonds. The van der Waals surface area contributed by atoms with E-state index in [2.05, 4.69) is 5.32 Å². The molecule has 26 heavy (non-hydrogen) atoms. The van der Waals surface area contributed by atoms with E-state index in [0.717, 1.165) is 17.4 Å². The zero-order valence-electron chi connectivity index (χ0n) is 14.1. The van der Waals surface area contributed by atoms with Crippen LogP contribution in [-0.2, 0) is 19.6 Å². The second-order valence-corrected chi connectivity index (χ2v) is 7.89. The van der Waals surface area contributed by atoms with Gasteiger partial charge in [0.2, 0.25) is 10.0 Å². The zero-order chi connectivity index (χ0) is 19.3. The third kappa shape index (κ3) is 5.28. The Morgan fingerprint density at radius 3 is 2.46 bits per heavy atom. The van der Waals surface area contributed by atoms with Crippen LogP contribution in [0.15, 0.2) is 39.9 Å². The summed E-state index contributed by atoms with van der Waals surface area (Å²) in [6.45, 7) is 3.81. The molecule has 0 saturated carbocycles. The highest BCUT2D eigenvalue weighted by molar-refractivity contribution is 7.91. The quantitative estimate of drug-likeness (QED) is 0.687. The summed E-state index contributed by atoms with van der Waals surface area (Å²) in [5.41, 5.74) is 0.535. The van der Waals surface area contributed by atoms with E-state index in [4.69, 9.17) is 14.6 Å². The van der Waals surface area contributed by atoms with E-state index >= 15 is 0 Å². The molecule has 1 heterocycles. The van der Waals surface area contributed by atoms with Gasteiger partial charge in [-0.2, -0.15) is 0 Å². The van der Waals surface area contributed by atoms with Gasteiger partial charge >= 0.3 is 5.97 Å². The maximum Gasteiger partial charge on any atom is 0.339 e. The van der Waals surface area contributed by atoms with Crippen molar-refractivity contribution in [3.05, 3.63) is 41.3 Å². The van der Waals surface area contributed by atoms with Gasteiger partial charge < -0.3 is 14.8 Å². The molecular weight excluding hydrogens is 380 g/mol. The van der Waals surface area contributed by atoms with Crippen LogP contribution >= 0.6 is 11.3 Å². The van der Waals surface area contributed by atoms with Crippen LogP contribution in [0.3, 0.4) is 0 Å². The number of amides is 1. The van der Waals surface area contributed by atoms with E-state index in [-0.39, 0.29) is 9.77 Å². The number of carbonyl (C=O) groups excluding carboxylic acids is 2. The summed E-state index contributed by atoms with van der Waals surface area (Å²) < 4.78 is 32.7. The maximum atomic E-state index is 12.1. The molecule has 0 spiro atoms. The van der Waals surface area contributed by atoms with Crippen LogP contribution in [0.2, 0.25) is 0 Å². The second-order valence-electron chi connectivity index (χ2n) is 5.19. The van der Waals surface area contributed by atoms with Crippen LogP contribution in [-0.4, -0.2) is 33.0 Å². The van der Waals surface area contributed by atoms with Crippen LogP contribution in [0.25, 0.3) is 0 Å². The van der Waals surface area contributed by atoms with Crippen LogP contribution in [0.4, 0.5) is 5.69 Å². The lowest BCUT2D eigenvalue weighted by Gasteiger charge is -2.13. The van der Waals surface area contributed by atoms with Crippen molar-refractivity contribution in [2.45, 2.75) is 24.2 Å². The predicted octanol–water partition coefficient (Wildman–Crippen LogP) is 1.98. The molecule has 0 radical (unpaired) electrons. The van der Waals surface area contributed by atoms with Crippen molar-refractivity contribution in [1.29, 1.82) is 0 Å². The molecule has 2 aromatic rings. The summed E-state index contributed by atoms with van der Waals surface area (Å²) in [6, 6.07) is 7.84. The molecular formula is C16H18N2O6S2. The van der Waals surface area contributed by atoms with Gasteiger partial charge in [-0.1, -0.05) is 0 Å². The van der Waals surface area contributed by atoms with Gasteiger partial charge in [-0.05, 0) is 44.2 Å². The Balaban J connectivity index is 1.95. The molecule has 1 unspecified atom stereocenters. The van der Waals surface area contributed by atoms with E-state index in [1.54, 1.807) is 24.3 Å². The van der Waals surface area contributed by atoms with Gasteiger partial charge in [0.1, 0.15) is 9.96 Å². The minimum Gasteiger partial charge on any atom is -0.494 e. The highest BCUT2D eigenvalue weighted by Crippen LogP contribution is 2.20. The number of hydrogen-bond acceptors (Lipinski definition) is 7. The van der Waals surface area contributed by atoms with Crippen molar-refractivity contribution in [2.24, 2.45) is 5.14 Å². The molecule has 3 N–H and O–H groups in total. The standard InChI is InChI=1S/C16H18N2O6S2/c1-3-23-13-6-4-12(5-7-13)18-15(19)10(2)24-16(20)11-8-14(25-9-11)26(17,21)22/h4-10H,3H2,1-2H3,(H,18,19)(H2,17,21,22). The van der Waals surface area contributed by atoms with Gasteiger partial charge in [0.05, 0.1) is 12.2 Å². The van der Waals surface area contributed by atoms with Crippen LogP contribution in [0.5, 0.6) is 5.75 Å². The average Bonchev–Trinajstić information content (AvgIpc) is 3.07. The third-order valence-corrected chi connectivity index (χ3v) is 5.56. The first-order valence-corrected chi connectivity index (χ1v) is 9.99. The topological polar surface area (TPSA) is 125 Å². The van der Waals surface area contributed by atoms with E-state index in [0.29, 0.717) is 18.0 Å². The maximum absolute atomic E-state index is 12.1. The molecule has 0 aliphatic carbocycles. The molecule has 140 valence electrons. The molecule has 2 rings (SSSR count). The highest BCUT2D eigenvalue weighted by atomic mass is 32.2. The molecule has 1 aromatic heterocycles. The van der Waals surface area contributed by atoms with Crippen molar-refractivity contribution < 1.29 is 27.5 Å². The fraction of sp³-hybridized carbons (Fsp3) is 0.250. The number of rotatable bonds is 7. The fourth-order valence-corrected chi connectivity index (χ4v) is 3.47. The molecule has 0 aliphatic heterocycles. The molecule has 8 nitrogen and oxygen atoms in total. The number of thiophene rings is 1. The molecule has 0 saturated heterocycles. The Hall–Kier alpha value is -2.43. The average molecular weight is 398 g/mol. The molecule has 1 aromatic carbocycles. The number of primary sulfonamides is 1. The minimum atomic E-state index is -3.89.